The lowest BCUT2D eigenvalue weighted by atomic mass is 9.78. The summed E-state index contributed by atoms with van der Waals surface area (Å²) in [5.74, 6) is 0.214. The molecule has 1 saturated heterocycles. The fraction of sp³-hybridized carbons (Fsp3) is 0.650. The summed E-state index contributed by atoms with van der Waals surface area (Å²) in [6.07, 6.45) is 3.30. The number of methoxy groups -OCH3 is 1. The summed E-state index contributed by atoms with van der Waals surface area (Å²) in [7, 11) is 1.69. The van der Waals surface area contributed by atoms with Crippen LogP contribution in [0.2, 0.25) is 0 Å². The molecule has 2 aliphatic rings. The molecule has 5 heteroatoms. The molecule has 1 amide bonds. The molecule has 2 aliphatic heterocycles. The number of ether oxygens (including phenoxy) is 1. The highest BCUT2D eigenvalue weighted by molar-refractivity contribution is 5.76. The third-order valence-electron chi connectivity index (χ3n) is 5.73. The van der Waals surface area contributed by atoms with E-state index in [0.29, 0.717) is 19.6 Å². The van der Waals surface area contributed by atoms with Crippen molar-refractivity contribution in [2.75, 3.05) is 40.0 Å². The molecule has 2 heterocycles. The molecule has 0 aromatic heterocycles. The molecular formula is C20H30N2O3. The molecule has 5 nitrogen and oxygen atoms in total. The topological polar surface area (TPSA) is 53.0 Å². The molecule has 0 radical (unpaired) electrons. The molecule has 0 bridgehead atoms. The molecule has 1 fully saturated rings. The van der Waals surface area contributed by atoms with Crippen LogP contribution in [-0.4, -0.2) is 60.8 Å². The summed E-state index contributed by atoms with van der Waals surface area (Å²) in [4.78, 5) is 17.0. The van der Waals surface area contributed by atoms with Gasteiger partial charge in [-0.05, 0) is 30.4 Å². The lowest BCUT2D eigenvalue weighted by molar-refractivity contribution is -0.136. The van der Waals surface area contributed by atoms with E-state index in [4.69, 9.17) is 4.74 Å². The van der Waals surface area contributed by atoms with Gasteiger partial charge in [-0.25, -0.2) is 0 Å². The van der Waals surface area contributed by atoms with Crippen molar-refractivity contribution in [2.24, 2.45) is 5.41 Å². The standard InChI is InChI=1S/C20H30N2O3/c1-25-12-9-20(16-23)8-4-10-22(15-20)19(24)7-11-21-13-17-5-2-3-6-18(17)14-21/h2-3,5-6,23H,4,7-16H2,1H3/t20-/m1/s1. The van der Waals surface area contributed by atoms with Crippen LogP contribution in [0.15, 0.2) is 24.3 Å². The molecular weight excluding hydrogens is 316 g/mol. The summed E-state index contributed by atoms with van der Waals surface area (Å²) in [5.41, 5.74) is 2.58. The van der Waals surface area contributed by atoms with Crippen LogP contribution in [0.3, 0.4) is 0 Å². The number of amides is 1. The van der Waals surface area contributed by atoms with Gasteiger partial charge in [-0.15, -0.1) is 0 Å². The fourth-order valence-electron chi connectivity index (χ4n) is 4.13. The molecule has 1 aromatic carbocycles. The summed E-state index contributed by atoms with van der Waals surface area (Å²) in [6, 6.07) is 8.51. The lowest BCUT2D eigenvalue weighted by Crippen LogP contribution is -2.48. The first-order valence-electron chi connectivity index (χ1n) is 9.32. The van der Waals surface area contributed by atoms with Gasteiger partial charge in [0.25, 0.3) is 0 Å². The molecule has 1 N–H and O–H groups in total. The van der Waals surface area contributed by atoms with E-state index in [1.807, 2.05) is 4.90 Å². The smallest absolute Gasteiger partial charge is 0.223 e. The second kappa shape index (κ2) is 8.30. The van der Waals surface area contributed by atoms with Crippen molar-refractivity contribution in [2.45, 2.75) is 38.8 Å². The van der Waals surface area contributed by atoms with Crippen molar-refractivity contribution < 1.29 is 14.6 Å². The number of nitrogens with zero attached hydrogens (tertiary/aromatic N) is 2. The minimum Gasteiger partial charge on any atom is -0.396 e. The quantitative estimate of drug-likeness (QED) is 0.821. The third-order valence-corrected chi connectivity index (χ3v) is 5.73. The number of carbonyl (C=O) groups is 1. The molecule has 0 saturated carbocycles. The molecule has 3 rings (SSSR count). The number of hydrogen-bond acceptors (Lipinski definition) is 4. The van der Waals surface area contributed by atoms with Crippen LogP contribution < -0.4 is 0 Å². The van der Waals surface area contributed by atoms with Crippen LogP contribution in [0, 0.1) is 5.41 Å². The van der Waals surface area contributed by atoms with E-state index in [2.05, 4.69) is 29.2 Å². The second-order valence-corrected chi connectivity index (χ2v) is 7.55. The first-order valence-corrected chi connectivity index (χ1v) is 9.32. The number of benzene rings is 1. The van der Waals surface area contributed by atoms with E-state index in [1.165, 1.54) is 11.1 Å². The predicted molar refractivity (Wildman–Crippen MR) is 97.0 cm³/mol. The van der Waals surface area contributed by atoms with Crippen LogP contribution in [-0.2, 0) is 22.6 Å². The van der Waals surface area contributed by atoms with Gasteiger partial charge in [0, 0.05) is 58.3 Å². The molecule has 1 aromatic rings. The number of aliphatic hydroxyl groups is 1. The van der Waals surface area contributed by atoms with Gasteiger partial charge in [-0.1, -0.05) is 24.3 Å². The Morgan fingerprint density at radius 2 is 2.00 bits per heavy atom. The number of fused-ring (bicyclic) bond motifs is 1. The van der Waals surface area contributed by atoms with Crippen molar-refractivity contribution in [3.05, 3.63) is 35.4 Å². The van der Waals surface area contributed by atoms with Crippen LogP contribution in [0.1, 0.15) is 36.8 Å². The van der Waals surface area contributed by atoms with Gasteiger partial charge in [-0.3, -0.25) is 9.69 Å². The zero-order valence-electron chi connectivity index (χ0n) is 15.2. The van der Waals surface area contributed by atoms with Gasteiger partial charge in [0.05, 0.1) is 6.61 Å². The van der Waals surface area contributed by atoms with Gasteiger partial charge < -0.3 is 14.7 Å². The SMILES string of the molecule is COCC[C@]1(CO)CCCN(C(=O)CCN2Cc3ccccc3C2)C1. The van der Waals surface area contributed by atoms with Crippen LogP contribution >= 0.6 is 0 Å². The Hall–Kier alpha value is -1.43. The zero-order chi connectivity index (χ0) is 17.7. The van der Waals surface area contributed by atoms with E-state index in [-0.39, 0.29) is 17.9 Å². The van der Waals surface area contributed by atoms with E-state index < -0.39 is 0 Å². The lowest BCUT2D eigenvalue weighted by Gasteiger charge is -2.42. The summed E-state index contributed by atoms with van der Waals surface area (Å²) in [6.45, 7) is 4.92. The molecule has 1 atom stereocenters. The van der Waals surface area contributed by atoms with Gasteiger partial charge in [-0.2, -0.15) is 0 Å². The Morgan fingerprint density at radius 3 is 2.64 bits per heavy atom. The maximum Gasteiger partial charge on any atom is 0.223 e. The van der Waals surface area contributed by atoms with Crippen LogP contribution in [0.25, 0.3) is 0 Å². The zero-order valence-corrected chi connectivity index (χ0v) is 15.2. The van der Waals surface area contributed by atoms with Crippen molar-refractivity contribution in [1.29, 1.82) is 0 Å². The molecule has 138 valence electrons. The Labute approximate surface area is 150 Å². The molecule has 0 unspecified atom stereocenters. The number of rotatable bonds is 7. The monoisotopic (exact) mass is 346 g/mol. The first kappa shape index (κ1) is 18.4. The maximum atomic E-state index is 12.7. The van der Waals surface area contributed by atoms with E-state index in [0.717, 1.165) is 45.4 Å². The average molecular weight is 346 g/mol. The summed E-state index contributed by atoms with van der Waals surface area (Å²) in [5, 5.41) is 9.87. The van der Waals surface area contributed by atoms with Gasteiger partial charge in [0.2, 0.25) is 5.91 Å². The highest BCUT2D eigenvalue weighted by Crippen LogP contribution is 2.33. The number of carbonyl (C=O) groups excluding carboxylic acids is 1. The fourth-order valence-corrected chi connectivity index (χ4v) is 4.13. The molecule has 0 aliphatic carbocycles. The number of hydrogen-bond donors (Lipinski definition) is 1. The van der Waals surface area contributed by atoms with Gasteiger partial charge in [0.15, 0.2) is 0 Å². The van der Waals surface area contributed by atoms with Gasteiger partial charge >= 0.3 is 0 Å². The Bertz CT molecular complexity index is 567. The Kier molecular flexibility index (Phi) is 6.10. The van der Waals surface area contributed by atoms with Crippen molar-refractivity contribution in [3.63, 3.8) is 0 Å². The van der Waals surface area contributed by atoms with E-state index in [1.54, 1.807) is 7.11 Å². The number of likely N-dealkylation sites (tertiary alicyclic amines) is 1. The highest BCUT2D eigenvalue weighted by Gasteiger charge is 2.36. The summed E-state index contributed by atoms with van der Waals surface area (Å²) >= 11 is 0. The normalized spacial score (nSPS) is 23.7. The van der Waals surface area contributed by atoms with E-state index >= 15 is 0 Å². The molecule has 0 spiro atoms. The van der Waals surface area contributed by atoms with Crippen molar-refractivity contribution >= 4 is 5.91 Å². The number of aliphatic hydroxyl groups excluding tert-OH is 1. The average Bonchev–Trinajstić information content (AvgIpc) is 3.07. The Balaban J connectivity index is 1.50. The second-order valence-electron chi connectivity index (χ2n) is 7.55. The highest BCUT2D eigenvalue weighted by atomic mass is 16.5. The maximum absolute atomic E-state index is 12.7. The largest absolute Gasteiger partial charge is 0.396 e. The van der Waals surface area contributed by atoms with Gasteiger partial charge in [0.1, 0.15) is 0 Å². The number of piperidine rings is 1. The summed E-state index contributed by atoms with van der Waals surface area (Å²) < 4.78 is 5.19. The van der Waals surface area contributed by atoms with Crippen LogP contribution in [0.5, 0.6) is 0 Å². The van der Waals surface area contributed by atoms with Crippen molar-refractivity contribution in [1.82, 2.24) is 9.80 Å². The Morgan fingerprint density at radius 1 is 1.28 bits per heavy atom. The van der Waals surface area contributed by atoms with Crippen molar-refractivity contribution in [3.8, 4) is 0 Å². The van der Waals surface area contributed by atoms with Crippen LogP contribution in [0.4, 0.5) is 0 Å². The minimum absolute atomic E-state index is 0.127. The third kappa shape index (κ3) is 4.40. The molecule has 25 heavy (non-hydrogen) atoms. The predicted octanol–water partition coefficient (Wildman–Crippen LogP) is 2.03. The first-order chi connectivity index (χ1) is 12.2. The van der Waals surface area contributed by atoms with E-state index in [9.17, 15) is 9.90 Å². The minimum atomic E-state index is -0.187.